The topological polar surface area (TPSA) is 61.8 Å². The normalized spacial score (nSPS) is 30.3. The van der Waals surface area contributed by atoms with Crippen molar-refractivity contribution in [3.05, 3.63) is 0 Å². The van der Waals surface area contributed by atoms with Gasteiger partial charge < -0.3 is 9.47 Å². The molecule has 1 aliphatic rings. The van der Waals surface area contributed by atoms with E-state index in [2.05, 4.69) is 4.18 Å². The minimum absolute atomic E-state index is 0.0333. The van der Waals surface area contributed by atoms with Gasteiger partial charge >= 0.3 is 0 Å². The van der Waals surface area contributed by atoms with Crippen molar-refractivity contribution in [2.24, 2.45) is 0 Å². The average Bonchev–Trinajstić information content (AvgIpc) is 2.02. The first-order valence-electron chi connectivity index (χ1n) is 4.05. The second-order valence-electron chi connectivity index (χ2n) is 3.09. The minimum Gasteiger partial charge on any atom is -0.373 e. The van der Waals surface area contributed by atoms with Crippen LogP contribution >= 0.6 is 0 Å². The quantitative estimate of drug-likeness (QED) is 0.602. The van der Waals surface area contributed by atoms with Gasteiger partial charge in [-0.3, -0.25) is 4.18 Å². The molecular formula is C7H14O5S. The van der Waals surface area contributed by atoms with Crippen LogP contribution in [0.3, 0.4) is 0 Å². The SMILES string of the molecule is C[C@@H]1CO[C@H](COS(C)(=O)=O)CO1. The lowest BCUT2D eigenvalue weighted by atomic mass is 10.3. The molecule has 0 aromatic heterocycles. The summed E-state index contributed by atoms with van der Waals surface area (Å²) in [7, 11) is -3.37. The molecule has 0 aromatic rings. The van der Waals surface area contributed by atoms with Crippen molar-refractivity contribution < 1.29 is 22.1 Å². The highest BCUT2D eigenvalue weighted by atomic mass is 32.2. The van der Waals surface area contributed by atoms with Gasteiger partial charge in [0.25, 0.3) is 10.1 Å². The van der Waals surface area contributed by atoms with E-state index in [4.69, 9.17) is 9.47 Å². The Labute approximate surface area is 78.1 Å². The molecule has 78 valence electrons. The summed E-state index contributed by atoms with van der Waals surface area (Å²) < 4.78 is 36.3. The maximum absolute atomic E-state index is 10.6. The van der Waals surface area contributed by atoms with E-state index >= 15 is 0 Å². The van der Waals surface area contributed by atoms with E-state index < -0.39 is 10.1 Å². The molecule has 1 fully saturated rings. The lowest BCUT2D eigenvalue weighted by Gasteiger charge is -2.26. The van der Waals surface area contributed by atoms with Gasteiger partial charge in [-0.1, -0.05) is 0 Å². The Kier molecular flexibility index (Phi) is 3.66. The summed E-state index contributed by atoms with van der Waals surface area (Å²) >= 11 is 0. The predicted octanol–water partition coefficient (Wildman–Crippen LogP) is -0.233. The molecule has 5 nitrogen and oxygen atoms in total. The molecule has 0 unspecified atom stereocenters. The first-order chi connectivity index (χ1) is 5.97. The fourth-order valence-corrected chi connectivity index (χ4v) is 1.33. The molecule has 0 spiro atoms. The van der Waals surface area contributed by atoms with Crippen molar-refractivity contribution in [2.75, 3.05) is 26.1 Å². The van der Waals surface area contributed by atoms with Gasteiger partial charge in [0.2, 0.25) is 0 Å². The van der Waals surface area contributed by atoms with Gasteiger partial charge in [0.15, 0.2) is 0 Å². The molecular weight excluding hydrogens is 196 g/mol. The molecule has 2 atom stereocenters. The van der Waals surface area contributed by atoms with E-state index in [-0.39, 0.29) is 18.8 Å². The largest absolute Gasteiger partial charge is 0.373 e. The highest BCUT2D eigenvalue weighted by Gasteiger charge is 2.20. The van der Waals surface area contributed by atoms with Gasteiger partial charge in [-0.25, -0.2) is 0 Å². The molecule has 0 aromatic carbocycles. The predicted molar refractivity (Wildman–Crippen MR) is 45.9 cm³/mol. The molecule has 0 aliphatic carbocycles. The van der Waals surface area contributed by atoms with E-state index in [9.17, 15) is 8.42 Å². The Morgan fingerprint density at radius 3 is 2.54 bits per heavy atom. The van der Waals surface area contributed by atoms with Gasteiger partial charge in [-0.2, -0.15) is 8.42 Å². The van der Waals surface area contributed by atoms with Crippen LogP contribution in [-0.4, -0.2) is 46.7 Å². The first kappa shape index (κ1) is 10.9. The van der Waals surface area contributed by atoms with Crippen LogP contribution in [0.1, 0.15) is 6.92 Å². The fourth-order valence-electron chi connectivity index (χ4n) is 0.935. The number of rotatable bonds is 3. The van der Waals surface area contributed by atoms with Crippen molar-refractivity contribution in [1.29, 1.82) is 0 Å². The van der Waals surface area contributed by atoms with E-state index in [0.29, 0.717) is 13.2 Å². The molecule has 0 saturated carbocycles. The number of hydrogen-bond donors (Lipinski definition) is 0. The van der Waals surface area contributed by atoms with E-state index in [1.54, 1.807) is 0 Å². The molecule has 6 heteroatoms. The number of ether oxygens (including phenoxy) is 2. The van der Waals surface area contributed by atoms with E-state index in [1.807, 2.05) is 6.92 Å². The zero-order valence-electron chi connectivity index (χ0n) is 7.73. The third kappa shape index (κ3) is 4.56. The van der Waals surface area contributed by atoms with Crippen LogP contribution in [0.25, 0.3) is 0 Å². The van der Waals surface area contributed by atoms with Crippen molar-refractivity contribution in [2.45, 2.75) is 19.1 Å². The zero-order valence-corrected chi connectivity index (χ0v) is 8.54. The summed E-state index contributed by atoms with van der Waals surface area (Å²) in [5.41, 5.74) is 0. The Hall–Kier alpha value is -0.170. The van der Waals surface area contributed by atoms with Crippen LogP contribution in [-0.2, 0) is 23.8 Å². The van der Waals surface area contributed by atoms with Crippen LogP contribution in [0.15, 0.2) is 0 Å². The van der Waals surface area contributed by atoms with Crippen LogP contribution < -0.4 is 0 Å². The zero-order chi connectivity index (χ0) is 9.90. The monoisotopic (exact) mass is 210 g/mol. The Balaban J connectivity index is 2.24. The molecule has 1 saturated heterocycles. The van der Waals surface area contributed by atoms with Gasteiger partial charge in [0.1, 0.15) is 6.10 Å². The number of hydrogen-bond acceptors (Lipinski definition) is 5. The standard InChI is InChI=1S/C7H14O5S/c1-6-3-11-7(4-10-6)5-12-13(2,8)9/h6-7H,3-5H2,1-2H3/t6-,7+/m1/s1. The minimum atomic E-state index is -3.37. The molecule has 1 rings (SSSR count). The second-order valence-corrected chi connectivity index (χ2v) is 4.73. The van der Waals surface area contributed by atoms with E-state index in [1.165, 1.54) is 0 Å². The average molecular weight is 210 g/mol. The Morgan fingerprint density at radius 2 is 2.08 bits per heavy atom. The molecule has 0 N–H and O–H groups in total. The summed E-state index contributed by atoms with van der Waals surface area (Å²) in [6.45, 7) is 2.80. The van der Waals surface area contributed by atoms with Crippen molar-refractivity contribution in [3.8, 4) is 0 Å². The van der Waals surface area contributed by atoms with Crippen molar-refractivity contribution in [3.63, 3.8) is 0 Å². The Bertz CT molecular complexity index is 240. The molecule has 1 aliphatic heterocycles. The van der Waals surface area contributed by atoms with Crippen LogP contribution in [0.5, 0.6) is 0 Å². The fraction of sp³-hybridized carbons (Fsp3) is 1.00. The maximum atomic E-state index is 10.6. The maximum Gasteiger partial charge on any atom is 0.264 e. The summed E-state index contributed by atoms with van der Waals surface area (Å²) in [6, 6.07) is 0. The van der Waals surface area contributed by atoms with Gasteiger partial charge in [0.05, 0.1) is 32.2 Å². The highest BCUT2D eigenvalue weighted by Crippen LogP contribution is 2.07. The highest BCUT2D eigenvalue weighted by molar-refractivity contribution is 7.85. The van der Waals surface area contributed by atoms with E-state index in [0.717, 1.165) is 6.26 Å². The van der Waals surface area contributed by atoms with Gasteiger partial charge in [-0.15, -0.1) is 0 Å². The van der Waals surface area contributed by atoms with Crippen molar-refractivity contribution >= 4 is 10.1 Å². The molecule has 0 bridgehead atoms. The van der Waals surface area contributed by atoms with Gasteiger partial charge in [-0.05, 0) is 6.92 Å². The third-order valence-electron chi connectivity index (χ3n) is 1.60. The molecule has 0 amide bonds. The lowest BCUT2D eigenvalue weighted by molar-refractivity contribution is -0.135. The van der Waals surface area contributed by atoms with Crippen molar-refractivity contribution in [1.82, 2.24) is 0 Å². The van der Waals surface area contributed by atoms with Crippen LogP contribution in [0.2, 0.25) is 0 Å². The summed E-state index contributed by atoms with van der Waals surface area (Å²) in [6.07, 6.45) is 0.819. The Morgan fingerprint density at radius 1 is 1.38 bits per heavy atom. The molecule has 1 heterocycles. The third-order valence-corrected chi connectivity index (χ3v) is 2.17. The van der Waals surface area contributed by atoms with Gasteiger partial charge in [0, 0.05) is 0 Å². The van der Waals surface area contributed by atoms with Crippen LogP contribution in [0.4, 0.5) is 0 Å². The summed E-state index contributed by atoms with van der Waals surface area (Å²) in [5, 5.41) is 0. The molecule has 13 heavy (non-hydrogen) atoms. The molecule has 0 radical (unpaired) electrons. The first-order valence-corrected chi connectivity index (χ1v) is 5.86. The summed E-state index contributed by atoms with van der Waals surface area (Å²) in [4.78, 5) is 0. The second kappa shape index (κ2) is 4.36. The lowest BCUT2D eigenvalue weighted by Crippen LogP contribution is -2.37. The smallest absolute Gasteiger partial charge is 0.264 e. The van der Waals surface area contributed by atoms with Crippen LogP contribution in [0, 0.1) is 0 Å². The summed E-state index contributed by atoms with van der Waals surface area (Å²) in [5.74, 6) is 0.